The molecule has 0 saturated heterocycles. The molecule has 0 saturated carbocycles. The van der Waals surface area contributed by atoms with Crippen LogP contribution in [0.4, 0.5) is 0 Å². The van der Waals surface area contributed by atoms with Crippen LogP contribution in [0.1, 0.15) is 12.0 Å². The molecule has 53 valence electrons. The minimum Gasteiger partial charge on any atom is -0.0801 e. The summed E-state index contributed by atoms with van der Waals surface area (Å²) in [7, 11) is 0. The molecule has 0 unspecified atom stereocenters. The molecular weight excluding hydrogens is 132 g/mol. The maximum atomic E-state index is 3.20. The molecule has 1 aliphatic rings. The first-order valence-electron chi connectivity index (χ1n) is 3.79. The lowest BCUT2D eigenvalue weighted by molar-refractivity contribution is 1.43. The van der Waals surface area contributed by atoms with Crippen LogP contribution in [0.25, 0.3) is 5.57 Å². The Morgan fingerprint density at radius 3 is 2.91 bits per heavy atom. The molecule has 11 heavy (non-hydrogen) atoms. The summed E-state index contributed by atoms with van der Waals surface area (Å²) in [6.45, 7) is 0. The van der Waals surface area contributed by atoms with Crippen molar-refractivity contribution in [3.63, 3.8) is 0 Å². The molecule has 0 bridgehead atoms. The van der Waals surface area contributed by atoms with Gasteiger partial charge in [-0.05, 0) is 23.6 Å². The third kappa shape index (κ3) is 1.25. The molecule has 1 radical (unpaired) electrons. The molecule has 0 aromatic heterocycles. The lowest BCUT2D eigenvalue weighted by atomic mass is 10.1. The summed E-state index contributed by atoms with van der Waals surface area (Å²) in [4.78, 5) is 0. The van der Waals surface area contributed by atoms with Crippen LogP contribution in [0.5, 0.6) is 0 Å². The zero-order chi connectivity index (χ0) is 7.52. The number of rotatable bonds is 1. The average molecular weight is 141 g/mol. The molecule has 0 heteroatoms. The van der Waals surface area contributed by atoms with E-state index < -0.39 is 0 Å². The standard InChI is InChI=1S/C11H9/c1-2-6-10(7-3-1)11-8-4-5-9-11/h1-6,8H,9H2. The highest BCUT2D eigenvalue weighted by Gasteiger charge is 2.00. The van der Waals surface area contributed by atoms with E-state index in [4.69, 9.17) is 0 Å². The Morgan fingerprint density at radius 1 is 1.27 bits per heavy atom. The highest BCUT2D eigenvalue weighted by Crippen LogP contribution is 2.21. The predicted octanol–water partition coefficient (Wildman–Crippen LogP) is 2.83. The summed E-state index contributed by atoms with van der Waals surface area (Å²) < 4.78 is 0. The topological polar surface area (TPSA) is 0 Å². The van der Waals surface area contributed by atoms with Crippen molar-refractivity contribution in [2.45, 2.75) is 6.42 Å². The van der Waals surface area contributed by atoms with Crippen LogP contribution < -0.4 is 0 Å². The van der Waals surface area contributed by atoms with Gasteiger partial charge in [0.15, 0.2) is 0 Å². The quantitative estimate of drug-likeness (QED) is 0.564. The molecule has 1 aromatic rings. The monoisotopic (exact) mass is 141 g/mol. The van der Waals surface area contributed by atoms with E-state index in [0.29, 0.717) is 0 Å². The Morgan fingerprint density at radius 2 is 2.27 bits per heavy atom. The fourth-order valence-electron chi connectivity index (χ4n) is 1.24. The molecule has 0 aliphatic heterocycles. The Labute approximate surface area is 66.9 Å². The number of allylic oxidation sites excluding steroid dienone is 4. The van der Waals surface area contributed by atoms with Gasteiger partial charge >= 0.3 is 0 Å². The van der Waals surface area contributed by atoms with Gasteiger partial charge in [0.1, 0.15) is 0 Å². The van der Waals surface area contributed by atoms with Crippen LogP contribution in [0.15, 0.2) is 42.5 Å². The molecule has 0 N–H and O–H groups in total. The molecule has 0 spiro atoms. The van der Waals surface area contributed by atoms with E-state index in [-0.39, 0.29) is 0 Å². The lowest BCUT2D eigenvalue weighted by Crippen LogP contribution is -1.78. The van der Waals surface area contributed by atoms with Crippen LogP contribution in [0, 0.1) is 6.07 Å². The van der Waals surface area contributed by atoms with E-state index in [1.807, 2.05) is 18.2 Å². The van der Waals surface area contributed by atoms with Gasteiger partial charge in [0, 0.05) is 0 Å². The minimum atomic E-state index is 1.06. The molecule has 2 rings (SSSR count). The molecule has 0 heterocycles. The van der Waals surface area contributed by atoms with Gasteiger partial charge in [-0.1, -0.05) is 42.5 Å². The van der Waals surface area contributed by atoms with Crippen molar-refractivity contribution in [2.24, 2.45) is 0 Å². The van der Waals surface area contributed by atoms with Crippen LogP contribution in [0.2, 0.25) is 0 Å². The highest BCUT2D eigenvalue weighted by atomic mass is 14.0. The van der Waals surface area contributed by atoms with Crippen molar-refractivity contribution < 1.29 is 0 Å². The summed E-state index contributed by atoms with van der Waals surface area (Å²) in [5, 5.41) is 0. The second-order valence-corrected chi connectivity index (χ2v) is 2.60. The fraction of sp³-hybridized carbons (Fsp3) is 0.0909. The SMILES string of the molecule is [c]1ccccc1C1=CC=CC1. The van der Waals surface area contributed by atoms with Crippen molar-refractivity contribution in [1.82, 2.24) is 0 Å². The minimum absolute atomic E-state index is 1.06. The van der Waals surface area contributed by atoms with Gasteiger partial charge in [0.05, 0.1) is 0 Å². The zero-order valence-corrected chi connectivity index (χ0v) is 6.25. The van der Waals surface area contributed by atoms with E-state index in [2.05, 4.69) is 30.4 Å². The molecular formula is C11H9. The van der Waals surface area contributed by atoms with Crippen molar-refractivity contribution in [1.29, 1.82) is 0 Å². The van der Waals surface area contributed by atoms with Gasteiger partial charge < -0.3 is 0 Å². The van der Waals surface area contributed by atoms with E-state index in [9.17, 15) is 0 Å². The lowest BCUT2D eigenvalue weighted by Gasteiger charge is -1.98. The van der Waals surface area contributed by atoms with Gasteiger partial charge in [0.2, 0.25) is 0 Å². The van der Waals surface area contributed by atoms with E-state index >= 15 is 0 Å². The third-order valence-corrected chi connectivity index (χ3v) is 1.83. The Hall–Kier alpha value is -1.30. The highest BCUT2D eigenvalue weighted by molar-refractivity contribution is 5.70. The first kappa shape index (κ1) is 6.41. The van der Waals surface area contributed by atoms with Gasteiger partial charge in [-0.2, -0.15) is 0 Å². The van der Waals surface area contributed by atoms with E-state index in [0.717, 1.165) is 6.42 Å². The summed E-state index contributed by atoms with van der Waals surface area (Å²) in [6.07, 6.45) is 7.46. The molecule has 0 atom stereocenters. The van der Waals surface area contributed by atoms with Gasteiger partial charge in [0.25, 0.3) is 0 Å². The Bertz CT molecular complexity index is 291. The second-order valence-electron chi connectivity index (χ2n) is 2.60. The summed E-state index contributed by atoms with van der Waals surface area (Å²) >= 11 is 0. The van der Waals surface area contributed by atoms with Crippen LogP contribution >= 0.6 is 0 Å². The summed E-state index contributed by atoms with van der Waals surface area (Å²) in [5.41, 5.74) is 2.59. The van der Waals surface area contributed by atoms with Crippen molar-refractivity contribution in [2.75, 3.05) is 0 Å². The first-order valence-corrected chi connectivity index (χ1v) is 3.79. The number of hydrogen-bond donors (Lipinski definition) is 0. The van der Waals surface area contributed by atoms with Crippen LogP contribution in [-0.4, -0.2) is 0 Å². The van der Waals surface area contributed by atoms with Gasteiger partial charge in [-0.3, -0.25) is 0 Å². The number of hydrogen-bond acceptors (Lipinski definition) is 0. The summed E-state index contributed by atoms with van der Waals surface area (Å²) in [5.74, 6) is 0. The predicted molar refractivity (Wildman–Crippen MR) is 47.0 cm³/mol. The van der Waals surface area contributed by atoms with Crippen molar-refractivity contribution >= 4 is 5.57 Å². The molecule has 1 aliphatic carbocycles. The average Bonchev–Trinajstić information content (AvgIpc) is 2.58. The van der Waals surface area contributed by atoms with Crippen LogP contribution in [0.3, 0.4) is 0 Å². The van der Waals surface area contributed by atoms with E-state index in [1.165, 1.54) is 11.1 Å². The van der Waals surface area contributed by atoms with E-state index in [1.54, 1.807) is 0 Å². The zero-order valence-electron chi connectivity index (χ0n) is 6.25. The molecule has 1 aromatic carbocycles. The smallest absolute Gasteiger partial charge is 0.00882 e. The largest absolute Gasteiger partial charge is 0.0801 e. The normalized spacial score (nSPS) is 15.1. The Kier molecular flexibility index (Phi) is 1.60. The maximum Gasteiger partial charge on any atom is -0.00882 e. The van der Waals surface area contributed by atoms with Crippen molar-refractivity contribution in [3.05, 3.63) is 54.1 Å². The van der Waals surface area contributed by atoms with Crippen LogP contribution in [-0.2, 0) is 0 Å². The third-order valence-electron chi connectivity index (χ3n) is 1.83. The van der Waals surface area contributed by atoms with Gasteiger partial charge in [-0.25, -0.2) is 0 Å². The molecule has 0 fully saturated rings. The first-order chi connectivity index (χ1) is 5.47. The molecule has 0 nitrogen and oxygen atoms in total. The fourth-order valence-corrected chi connectivity index (χ4v) is 1.24. The summed E-state index contributed by atoms with van der Waals surface area (Å²) in [6, 6.07) is 11.3. The maximum absolute atomic E-state index is 3.20. The molecule has 0 amide bonds. The van der Waals surface area contributed by atoms with Crippen molar-refractivity contribution in [3.8, 4) is 0 Å². The number of benzene rings is 1. The van der Waals surface area contributed by atoms with Gasteiger partial charge in [-0.15, -0.1) is 0 Å². The Balaban J connectivity index is 2.31. The second kappa shape index (κ2) is 2.75.